The molecule has 0 saturated carbocycles. The number of nitrogens with one attached hydrogen (secondary N) is 2. The van der Waals surface area contributed by atoms with E-state index in [-0.39, 0.29) is 6.10 Å². The maximum atomic E-state index is 9.62. The van der Waals surface area contributed by atoms with E-state index in [0.717, 1.165) is 71.0 Å². The first-order valence-corrected chi connectivity index (χ1v) is 11.4. The standard InChI is InChI=1S/C23H39N5O/c1-2-24-23(25-13-7-15-27-16-11-22(29)12-17-27)26-21-10-6-14-28(19-21)18-20-8-4-3-5-9-20/h3-5,8-9,21-22,29H,2,6-7,10-19H2,1H3,(H2,24,25,26). The molecule has 2 aliphatic rings. The largest absolute Gasteiger partial charge is 0.393 e. The zero-order chi connectivity index (χ0) is 20.3. The number of likely N-dealkylation sites (tertiary alicyclic amines) is 2. The van der Waals surface area contributed by atoms with Crippen LogP contribution >= 0.6 is 0 Å². The van der Waals surface area contributed by atoms with Crippen LogP contribution < -0.4 is 10.6 Å². The molecule has 1 aromatic carbocycles. The van der Waals surface area contributed by atoms with Gasteiger partial charge in [-0.2, -0.15) is 0 Å². The first-order valence-electron chi connectivity index (χ1n) is 11.4. The topological polar surface area (TPSA) is 63.1 Å². The van der Waals surface area contributed by atoms with Crippen molar-refractivity contribution in [1.29, 1.82) is 0 Å². The highest BCUT2D eigenvalue weighted by Gasteiger charge is 2.21. The first-order chi connectivity index (χ1) is 14.2. The third-order valence-corrected chi connectivity index (χ3v) is 5.90. The number of nitrogens with zero attached hydrogens (tertiary/aromatic N) is 3. The summed E-state index contributed by atoms with van der Waals surface area (Å²) in [5.74, 6) is 0.952. The summed E-state index contributed by atoms with van der Waals surface area (Å²) in [6.07, 6.45) is 5.22. The number of aliphatic hydroxyl groups excluding tert-OH is 1. The quantitative estimate of drug-likeness (QED) is 0.354. The van der Waals surface area contributed by atoms with E-state index >= 15 is 0 Å². The van der Waals surface area contributed by atoms with Crippen LogP contribution in [0.2, 0.25) is 0 Å². The van der Waals surface area contributed by atoms with E-state index < -0.39 is 0 Å². The molecule has 3 N–H and O–H groups in total. The van der Waals surface area contributed by atoms with Gasteiger partial charge < -0.3 is 20.6 Å². The van der Waals surface area contributed by atoms with Gasteiger partial charge in [0, 0.05) is 45.3 Å². The van der Waals surface area contributed by atoms with Crippen LogP contribution in [0.25, 0.3) is 0 Å². The fourth-order valence-electron chi connectivity index (χ4n) is 4.30. The van der Waals surface area contributed by atoms with Gasteiger partial charge in [0.1, 0.15) is 0 Å². The van der Waals surface area contributed by atoms with Crippen LogP contribution in [0.4, 0.5) is 0 Å². The molecule has 2 fully saturated rings. The van der Waals surface area contributed by atoms with Crippen molar-refractivity contribution in [2.75, 3.05) is 45.8 Å². The smallest absolute Gasteiger partial charge is 0.191 e. The summed E-state index contributed by atoms with van der Waals surface area (Å²) in [4.78, 5) is 9.81. The van der Waals surface area contributed by atoms with Crippen LogP contribution in [-0.2, 0) is 6.54 Å². The van der Waals surface area contributed by atoms with Gasteiger partial charge in [0.05, 0.1) is 6.10 Å². The molecule has 2 aliphatic heterocycles. The van der Waals surface area contributed by atoms with E-state index in [2.05, 4.69) is 57.7 Å². The van der Waals surface area contributed by atoms with Gasteiger partial charge in [-0.1, -0.05) is 30.3 Å². The monoisotopic (exact) mass is 401 g/mol. The molecule has 162 valence electrons. The number of piperidine rings is 2. The van der Waals surface area contributed by atoms with E-state index in [1.807, 2.05) is 0 Å². The minimum absolute atomic E-state index is 0.0919. The highest BCUT2D eigenvalue weighted by atomic mass is 16.3. The van der Waals surface area contributed by atoms with Gasteiger partial charge >= 0.3 is 0 Å². The van der Waals surface area contributed by atoms with E-state index in [1.54, 1.807) is 0 Å². The molecule has 1 aromatic rings. The number of hydrogen-bond donors (Lipinski definition) is 3. The Kier molecular flexibility index (Phi) is 9.25. The average Bonchev–Trinajstić information content (AvgIpc) is 2.74. The molecular weight excluding hydrogens is 362 g/mol. The predicted octanol–water partition coefficient (Wildman–Crippen LogP) is 2.05. The van der Waals surface area contributed by atoms with Gasteiger partial charge in [0.15, 0.2) is 5.96 Å². The summed E-state index contributed by atoms with van der Waals surface area (Å²) in [7, 11) is 0. The van der Waals surface area contributed by atoms with Crippen LogP contribution in [0.15, 0.2) is 35.3 Å². The lowest BCUT2D eigenvalue weighted by atomic mass is 10.0. The van der Waals surface area contributed by atoms with E-state index in [4.69, 9.17) is 4.99 Å². The Balaban J connectivity index is 1.41. The molecule has 0 aromatic heterocycles. The van der Waals surface area contributed by atoms with Gasteiger partial charge in [-0.15, -0.1) is 0 Å². The van der Waals surface area contributed by atoms with Crippen LogP contribution in [0.1, 0.15) is 44.6 Å². The second kappa shape index (κ2) is 12.2. The number of aliphatic hydroxyl groups is 1. The number of guanidine groups is 1. The van der Waals surface area contributed by atoms with Gasteiger partial charge in [0.25, 0.3) is 0 Å². The lowest BCUT2D eigenvalue weighted by Crippen LogP contribution is -2.51. The fraction of sp³-hybridized carbons (Fsp3) is 0.696. The van der Waals surface area contributed by atoms with Gasteiger partial charge in [-0.3, -0.25) is 9.89 Å². The number of aliphatic imine (C=N–C) groups is 1. The van der Waals surface area contributed by atoms with Crippen molar-refractivity contribution in [3.05, 3.63) is 35.9 Å². The Hall–Kier alpha value is -1.63. The summed E-state index contributed by atoms with van der Waals surface area (Å²) in [5.41, 5.74) is 1.39. The first kappa shape index (κ1) is 22.1. The predicted molar refractivity (Wildman–Crippen MR) is 120 cm³/mol. The molecule has 6 heteroatoms. The molecule has 0 bridgehead atoms. The Morgan fingerprint density at radius 2 is 1.90 bits per heavy atom. The molecule has 2 heterocycles. The lowest BCUT2D eigenvalue weighted by Gasteiger charge is -2.34. The molecule has 1 unspecified atom stereocenters. The van der Waals surface area contributed by atoms with Gasteiger partial charge in [-0.05, 0) is 57.7 Å². The lowest BCUT2D eigenvalue weighted by molar-refractivity contribution is 0.0824. The van der Waals surface area contributed by atoms with E-state index in [1.165, 1.54) is 24.9 Å². The van der Waals surface area contributed by atoms with Gasteiger partial charge in [-0.25, -0.2) is 0 Å². The van der Waals surface area contributed by atoms with Crippen molar-refractivity contribution in [1.82, 2.24) is 20.4 Å². The minimum atomic E-state index is -0.0919. The SMILES string of the molecule is CCNC(=NCCCN1CCC(O)CC1)NC1CCCN(Cc2ccccc2)C1. The second-order valence-electron chi connectivity index (χ2n) is 8.39. The zero-order valence-corrected chi connectivity index (χ0v) is 18.0. The maximum Gasteiger partial charge on any atom is 0.191 e. The molecule has 29 heavy (non-hydrogen) atoms. The summed E-state index contributed by atoms with van der Waals surface area (Å²) in [5, 5.41) is 16.7. The summed E-state index contributed by atoms with van der Waals surface area (Å²) >= 11 is 0. The summed E-state index contributed by atoms with van der Waals surface area (Å²) in [6, 6.07) is 11.2. The van der Waals surface area contributed by atoms with Crippen LogP contribution in [0.5, 0.6) is 0 Å². The molecule has 2 saturated heterocycles. The average molecular weight is 402 g/mol. The molecule has 0 radical (unpaired) electrons. The van der Waals surface area contributed by atoms with Gasteiger partial charge in [0.2, 0.25) is 0 Å². The van der Waals surface area contributed by atoms with Crippen molar-refractivity contribution in [2.24, 2.45) is 4.99 Å². The molecule has 0 spiro atoms. The van der Waals surface area contributed by atoms with E-state index in [0.29, 0.717) is 6.04 Å². The van der Waals surface area contributed by atoms with Crippen LogP contribution in [0, 0.1) is 0 Å². The molecule has 1 atom stereocenters. The fourth-order valence-corrected chi connectivity index (χ4v) is 4.30. The molecular formula is C23H39N5O. The normalized spacial score (nSPS) is 22.6. The number of hydrogen-bond acceptors (Lipinski definition) is 4. The Morgan fingerprint density at radius 3 is 2.66 bits per heavy atom. The molecule has 0 amide bonds. The summed E-state index contributed by atoms with van der Waals surface area (Å²) in [6.45, 7) is 10.2. The number of rotatable bonds is 8. The van der Waals surface area contributed by atoms with Crippen molar-refractivity contribution in [3.8, 4) is 0 Å². The Labute approximate surface area is 176 Å². The molecule has 6 nitrogen and oxygen atoms in total. The van der Waals surface area contributed by atoms with Crippen molar-refractivity contribution >= 4 is 5.96 Å². The Bertz CT molecular complexity index is 601. The highest BCUT2D eigenvalue weighted by molar-refractivity contribution is 5.80. The highest BCUT2D eigenvalue weighted by Crippen LogP contribution is 2.14. The summed E-state index contributed by atoms with van der Waals surface area (Å²) < 4.78 is 0. The molecule has 3 rings (SSSR count). The Morgan fingerprint density at radius 1 is 1.10 bits per heavy atom. The second-order valence-corrected chi connectivity index (χ2v) is 8.39. The van der Waals surface area contributed by atoms with Crippen molar-refractivity contribution in [3.63, 3.8) is 0 Å². The van der Waals surface area contributed by atoms with Crippen molar-refractivity contribution < 1.29 is 5.11 Å². The van der Waals surface area contributed by atoms with Crippen molar-refractivity contribution in [2.45, 2.75) is 57.7 Å². The minimum Gasteiger partial charge on any atom is -0.393 e. The van der Waals surface area contributed by atoms with Crippen LogP contribution in [0.3, 0.4) is 0 Å². The molecule has 0 aliphatic carbocycles. The number of benzene rings is 1. The third-order valence-electron chi connectivity index (χ3n) is 5.90. The zero-order valence-electron chi connectivity index (χ0n) is 18.0. The third kappa shape index (κ3) is 7.96. The maximum absolute atomic E-state index is 9.62. The van der Waals surface area contributed by atoms with E-state index in [9.17, 15) is 5.11 Å². The van der Waals surface area contributed by atoms with Crippen LogP contribution in [-0.4, -0.2) is 78.8 Å².